The van der Waals surface area contributed by atoms with Gasteiger partial charge in [0.05, 0.1) is 17.4 Å². The lowest BCUT2D eigenvalue weighted by atomic mass is 10.2. The molecule has 0 aromatic heterocycles. The van der Waals surface area contributed by atoms with Gasteiger partial charge in [0.2, 0.25) is 10.0 Å². The lowest BCUT2D eigenvalue weighted by molar-refractivity contribution is -0.125. The Kier molecular flexibility index (Phi) is 5.72. The summed E-state index contributed by atoms with van der Waals surface area (Å²) in [6.07, 6.45) is -1.06. The molecular formula is C17H15FN2O4S. The van der Waals surface area contributed by atoms with Gasteiger partial charge in [0.25, 0.3) is 5.91 Å². The minimum Gasteiger partial charge on any atom is -0.481 e. The molecule has 8 heteroatoms. The molecule has 0 spiro atoms. The van der Waals surface area contributed by atoms with Crippen molar-refractivity contribution >= 4 is 15.9 Å². The molecule has 0 heterocycles. The summed E-state index contributed by atoms with van der Waals surface area (Å²) < 4.78 is 44.1. The van der Waals surface area contributed by atoms with Gasteiger partial charge in [0.1, 0.15) is 11.6 Å². The molecule has 0 radical (unpaired) electrons. The van der Waals surface area contributed by atoms with Crippen LogP contribution >= 0.6 is 0 Å². The smallest absolute Gasteiger partial charge is 0.274 e. The maximum absolute atomic E-state index is 12.8. The molecule has 0 aliphatic rings. The first-order valence-electron chi connectivity index (χ1n) is 7.24. The van der Waals surface area contributed by atoms with Crippen LogP contribution in [0, 0.1) is 17.1 Å². The molecule has 0 saturated carbocycles. The van der Waals surface area contributed by atoms with E-state index in [1.54, 1.807) is 0 Å². The largest absolute Gasteiger partial charge is 0.481 e. The summed E-state index contributed by atoms with van der Waals surface area (Å²) in [4.78, 5) is 12.0. The number of hydrogen-bond donors (Lipinski definition) is 1. The van der Waals surface area contributed by atoms with E-state index in [1.807, 2.05) is 10.8 Å². The van der Waals surface area contributed by atoms with Crippen LogP contribution in [0.4, 0.5) is 4.39 Å². The van der Waals surface area contributed by atoms with Crippen molar-refractivity contribution in [2.45, 2.75) is 18.8 Å². The second-order valence-corrected chi connectivity index (χ2v) is 6.97. The predicted octanol–water partition coefficient (Wildman–Crippen LogP) is 2.11. The molecule has 1 N–H and O–H groups in total. The monoisotopic (exact) mass is 362 g/mol. The molecule has 0 unspecified atom stereocenters. The number of sulfonamides is 1. The quantitative estimate of drug-likeness (QED) is 0.849. The van der Waals surface area contributed by atoms with Crippen LogP contribution in [0.3, 0.4) is 0 Å². The Morgan fingerprint density at radius 3 is 2.36 bits per heavy atom. The fourth-order valence-electron chi connectivity index (χ4n) is 1.94. The number of benzene rings is 2. The third kappa shape index (κ3) is 5.58. The van der Waals surface area contributed by atoms with Crippen LogP contribution in [0.25, 0.3) is 0 Å². The topological polar surface area (TPSA) is 96.3 Å². The van der Waals surface area contributed by atoms with Crippen molar-refractivity contribution in [1.82, 2.24) is 4.72 Å². The van der Waals surface area contributed by atoms with E-state index in [0.29, 0.717) is 16.9 Å². The molecule has 6 nitrogen and oxygen atoms in total. The van der Waals surface area contributed by atoms with Gasteiger partial charge in [-0.15, -0.1) is 0 Å². The van der Waals surface area contributed by atoms with Gasteiger partial charge in [-0.25, -0.2) is 17.5 Å². The zero-order valence-electron chi connectivity index (χ0n) is 13.3. The number of amides is 1. The number of rotatable bonds is 6. The lowest BCUT2D eigenvalue weighted by Crippen LogP contribution is -2.40. The van der Waals surface area contributed by atoms with Gasteiger partial charge in [-0.2, -0.15) is 5.26 Å². The first-order valence-corrected chi connectivity index (χ1v) is 8.90. The molecule has 1 amide bonds. The van der Waals surface area contributed by atoms with Gasteiger partial charge >= 0.3 is 0 Å². The number of carbonyl (C=O) groups excluding carboxylic acids is 1. The molecule has 1 atom stereocenters. The number of halogens is 1. The summed E-state index contributed by atoms with van der Waals surface area (Å²) in [6.45, 7) is 1.40. The van der Waals surface area contributed by atoms with Crippen LogP contribution in [0.15, 0.2) is 48.5 Å². The molecular weight excluding hydrogens is 347 g/mol. The highest BCUT2D eigenvalue weighted by Gasteiger charge is 2.21. The number of carbonyl (C=O) groups is 1. The molecule has 2 aromatic carbocycles. The van der Waals surface area contributed by atoms with Crippen LogP contribution in [0.1, 0.15) is 18.1 Å². The second kappa shape index (κ2) is 7.77. The standard InChI is InChI=1S/C17H15FN2O4S/c1-12(24-16-8-4-13(10-19)5-9-16)17(21)20-25(22,23)11-14-2-6-15(18)7-3-14/h2-9,12H,11H2,1H3,(H,20,21)/t12-/m1/s1. The van der Waals surface area contributed by atoms with Gasteiger partial charge < -0.3 is 4.74 Å². The van der Waals surface area contributed by atoms with Gasteiger partial charge in [-0.3, -0.25) is 4.79 Å². The van der Waals surface area contributed by atoms with E-state index in [4.69, 9.17) is 10.00 Å². The molecule has 25 heavy (non-hydrogen) atoms. The van der Waals surface area contributed by atoms with Crippen LogP contribution < -0.4 is 9.46 Å². The first-order chi connectivity index (χ1) is 11.8. The van der Waals surface area contributed by atoms with E-state index in [9.17, 15) is 17.6 Å². The molecule has 0 saturated heterocycles. The highest BCUT2D eigenvalue weighted by Crippen LogP contribution is 2.14. The van der Waals surface area contributed by atoms with Crippen molar-refractivity contribution in [2.75, 3.05) is 0 Å². The van der Waals surface area contributed by atoms with E-state index in [-0.39, 0.29) is 0 Å². The van der Waals surface area contributed by atoms with Crippen LogP contribution in [0.2, 0.25) is 0 Å². The summed E-state index contributed by atoms with van der Waals surface area (Å²) in [5.41, 5.74) is 0.786. The summed E-state index contributed by atoms with van der Waals surface area (Å²) >= 11 is 0. The van der Waals surface area contributed by atoms with Crippen molar-refractivity contribution < 1.29 is 22.3 Å². The third-order valence-corrected chi connectivity index (χ3v) is 4.42. The summed E-state index contributed by atoms with van der Waals surface area (Å²) in [6, 6.07) is 12.9. The number of hydrogen-bond acceptors (Lipinski definition) is 5. The van der Waals surface area contributed by atoms with E-state index in [0.717, 1.165) is 12.1 Å². The highest BCUT2D eigenvalue weighted by atomic mass is 32.2. The molecule has 130 valence electrons. The maximum atomic E-state index is 12.8. The third-order valence-electron chi connectivity index (χ3n) is 3.19. The van der Waals surface area contributed by atoms with Crippen LogP contribution in [0.5, 0.6) is 5.75 Å². The first kappa shape index (κ1) is 18.4. The molecule has 0 aliphatic carbocycles. The fourth-order valence-corrected chi connectivity index (χ4v) is 3.11. The lowest BCUT2D eigenvalue weighted by Gasteiger charge is -2.15. The summed E-state index contributed by atoms with van der Waals surface area (Å²) in [5.74, 6) is -1.43. The SMILES string of the molecule is C[C@@H](Oc1ccc(C#N)cc1)C(=O)NS(=O)(=O)Cc1ccc(F)cc1. The molecule has 2 aromatic rings. The number of ether oxygens (including phenoxy) is 1. The average Bonchev–Trinajstić information content (AvgIpc) is 2.57. The average molecular weight is 362 g/mol. The van der Waals surface area contributed by atoms with E-state index < -0.39 is 33.6 Å². The van der Waals surface area contributed by atoms with Crippen molar-refractivity contribution in [1.29, 1.82) is 5.26 Å². The van der Waals surface area contributed by atoms with Crippen LogP contribution in [-0.2, 0) is 20.6 Å². The van der Waals surface area contributed by atoms with Crippen molar-refractivity contribution in [2.24, 2.45) is 0 Å². The van der Waals surface area contributed by atoms with Crippen molar-refractivity contribution in [3.63, 3.8) is 0 Å². The Morgan fingerprint density at radius 2 is 1.80 bits per heavy atom. The minimum absolute atomic E-state index is 0.331. The van der Waals surface area contributed by atoms with Gasteiger partial charge in [-0.05, 0) is 48.9 Å². The number of nitrogens with zero attached hydrogens (tertiary/aromatic N) is 1. The Labute approximate surface area is 144 Å². The Morgan fingerprint density at radius 1 is 1.20 bits per heavy atom. The highest BCUT2D eigenvalue weighted by molar-refractivity contribution is 7.89. The van der Waals surface area contributed by atoms with Gasteiger partial charge in [0, 0.05) is 0 Å². The molecule has 0 fully saturated rings. The normalized spacial score (nSPS) is 12.0. The van der Waals surface area contributed by atoms with Crippen LogP contribution in [-0.4, -0.2) is 20.4 Å². The van der Waals surface area contributed by atoms with E-state index in [1.165, 1.54) is 43.3 Å². The van der Waals surface area contributed by atoms with Gasteiger partial charge in [-0.1, -0.05) is 12.1 Å². The summed E-state index contributed by atoms with van der Waals surface area (Å²) in [5, 5.41) is 8.72. The predicted molar refractivity (Wildman–Crippen MR) is 88.4 cm³/mol. The zero-order chi connectivity index (χ0) is 18.4. The van der Waals surface area contributed by atoms with Crippen molar-refractivity contribution in [3.8, 4) is 11.8 Å². The Hall–Kier alpha value is -2.92. The molecule has 0 bridgehead atoms. The van der Waals surface area contributed by atoms with E-state index >= 15 is 0 Å². The zero-order valence-corrected chi connectivity index (χ0v) is 14.1. The fraction of sp³-hybridized carbons (Fsp3) is 0.176. The molecule has 0 aliphatic heterocycles. The summed E-state index contributed by atoms with van der Waals surface area (Å²) in [7, 11) is -3.94. The second-order valence-electron chi connectivity index (χ2n) is 5.25. The van der Waals surface area contributed by atoms with E-state index in [2.05, 4.69) is 0 Å². The van der Waals surface area contributed by atoms with Crippen molar-refractivity contribution in [3.05, 3.63) is 65.5 Å². The maximum Gasteiger partial charge on any atom is 0.274 e. The van der Waals surface area contributed by atoms with Gasteiger partial charge in [0.15, 0.2) is 6.10 Å². The number of nitriles is 1. The Balaban J connectivity index is 1.96. The number of nitrogens with one attached hydrogen (secondary N) is 1. The minimum atomic E-state index is -3.94. The molecule has 2 rings (SSSR count). The Bertz CT molecular complexity index is 888.